The number of fused-ring (bicyclic) bond motifs is 1. The summed E-state index contributed by atoms with van der Waals surface area (Å²) in [6.45, 7) is 2.03. The molecular formula is C17H21NO2. The predicted molar refractivity (Wildman–Crippen MR) is 79.9 cm³/mol. The minimum atomic E-state index is 0.00533. The van der Waals surface area contributed by atoms with E-state index >= 15 is 0 Å². The molecule has 0 bridgehead atoms. The smallest absolute Gasteiger partial charge is 0.289 e. The Kier molecular flexibility index (Phi) is 3.51. The van der Waals surface area contributed by atoms with E-state index in [0.29, 0.717) is 11.8 Å². The second-order valence-corrected chi connectivity index (χ2v) is 5.86. The molecule has 1 aromatic heterocycles. The van der Waals surface area contributed by atoms with Crippen LogP contribution >= 0.6 is 0 Å². The molecular weight excluding hydrogens is 250 g/mol. The molecule has 20 heavy (non-hydrogen) atoms. The lowest BCUT2D eigenvalue weighted by Crippen LogP contribution is -2.38. The summed E-state index contributed by atoms with van der Waals surface area (Å²) in [5.41, 5.74) is 1.94. The molecule has 2 aromatic rings. The van der Waals surface area contributed by atoms with E-state index in [0.717, 1.165) is 29.4 Å². The molecule has 0 spiro atoms. The lowest BCUT2D eigenvalue weighted by Gasteiger charge is -2.30. The van der Waals surface area contributed by atoms with Crippen molar-refractivity contribution < 1.29 is 9.21 Å². The normalized spacial score (nSPS) is 16.5. The Labute approximate surface area is 119 Å². The summed E-state index contributed by atoms with van der Waals surface area (Å²) < 4.78 is 5.73. The van der Waals surface area contributed by atoms with E-state index in [1.165, 1.54) is 19.3 Å². The molecule has 1 saturated carbocycles. The second kappa shape index (κ2) is 5.31. The largest absolute Gasteiger partial charge is 0.451 e. The SMILES string of the molecule is Cc1ccc2cc(C(=O)N(C)C3CCCCC3)oc2c1. The first-order valence-electron chi connectivity index (χ1n) is 7.42. The van der Waals surface area contributed by atoms with E-state index in [9.17, 15) is 4.79 Å². The first-order valence-corrected chi connectivity index (χ1v) is 7.42. The Bertz CT molecular complexity index is 623. The number of hydrogen-bond donors (Lipinski definition) is 0. The molecule has 1 aromatic carbocycles. The van der Waals surface area contributed by atoms with Crippen LogP contribution in [0.25, 0.3) is 11.0 Å². The van der Waals surface area contributed by atoms with Crippen molar-refractivity contribution in [1.29, 1.82) is 0 Å². The topological polar surface area (TPSA) is 33.5 Å². The molecule has 1 aliphatic rings. The minimum Gasteiger partial charge on any atom is -0.451 e. The van der Waals surface area contributed by atoms with Gasteiger partial charge in [-0.2, -0.15) is 0 Å². The van der Waals surface area contributed by atoms with Crippen molar-refractivity contribution in [3.8, 4) is 0 Å². The lowest BCUT2D eigenvalue weighted by molar-refractivity contribution is 0.0666. The van der Waals surface area contributed by atoms with Crippen LogP contribution in [0.3, 0.4) is 0 Å². The number of carbonyl (C=O) groups excluding carboxylic acids is 1. The lowest BCUT2D eigenvalue weighted by atomic mass is 9.94. The quantitative estimate of drug-likeness (QED) is 0.822. The zero-order valence-corrected chi connectivity index (χ0v) is 12.2. The van der Waals surface area contributed by atoms with Crippen LogP contribution in [0.4, 0.5) is 0 Å². The summed E-state index contributed by atoms with van der Waals surface area (Å²) in [5.74, 6) is 0.462. The first kappa shape index (κ1) is 13.2. The van der Waals surface area contributed by atoms with Gasteiger partial charge in [-0.1, -0.05) is 31.4 Å². The van der Waals surface area contributed by atoms with Crippen LogP contribution in [0.2, 0.25) is 0 Å². The monoisotopic (exact) mass is 271 g/mol. The molecule has 3 nitrogen and oxygen atoms in total. The van der Waals surface area contributed by atoms with E-state index in [-0.39, 0.29) is 5.91 Å². The molecule has 1 fully saturated rings. The second-order valence-electron chi connectivity index (χ2n) is 5.86. The van der Waals surface area contributed by atoms with Gasteiger partial charge in [0.15, 0.2) is 5.76 Å². The fourth-order valence-corrected chi connectivity index (χ4v) is 3.05. The Morgan fingerprint density at radius 2 is 1.95 bits per heavy atom. The maximum atomic E-state index is 12.5. The minimum absolute atomic E-state index is 0.00533. The highest BCUT2D eigenvalue weighted by Gasteiger charge is 2.25. The Morgan fingerprint density at radius 1 is 1.20 bits per heavy atom. The summed E-state index contributed by atoms with van der Waals surface area (Å²) in [6, 6.07) is 8.25. The molecule has 1 heterocycles. The van der Waals surface area contributed by atoms with Gasteiger partial charge in [0, 0.05) is 18.5 Å². The standard InChI is InChI=1S/C17H21NO2/c1-12-8-9-13-11-16(20-15(13)10-12)17(19)18(2)14-6-4-3-5-7-14/h8-11,14H,3-7H2,1-2H3. The third kappa shape index (κ3) is 2.45. The highest BCUT2D eigenvalue weighted by molar-refractivity contribution is 5.96. The van der Waals surface area contributed by atoms with Gasteiger partial charge in [0.1, 0.15) is 5.58 Å². The summed E-state index contributed by atoms with van der Waals surface area (Å²) in [7, 11) is 1.90. The maximum Gasteiger partial charge on any atom is 0.289 e. The maximum absolute atomic E-state index is 12.5. The fraction of sp³-hybridized carbons (Fsp3) is 0.471. The Hall–Kier alpha value is -1.77. The van der Waals surface area contributed by atoms with Gasteiger partial charge in [-0.05, 0) is 37.5 Å². The highest BCUT2D eigenvalue weighted by Crippen LogP contribution is 2.25. The third-order valence-electron chi connectivity index (χ3n) is 4.33. The van der Waals surface area contributed by atoms with Gasteiger partial charge < -0.3 is 9.32 Å². The predicted octanol–water partition coefficient (Wildman–Crippen LogP) is 4.15. The zero-order chi connectivity index (χ0) is 14.1. The Morgan fingerprint density at radius 3 is 2.70 bits per heavy atom. The van der Waals surface area contributed by atoms with Crippen LogP contribution < -0.4 is 0 Å². The highest BCUT2D eigenvalue weighted by atomic mass is 16.3. The molecule has 1 aliphatic carbocycles. The van der Waals surface area contributed by atoms with Gasteiger partial charge >= 0.3 is 0 Å². The van der Waals surface area contributed by atoms with Gasteiger partial charge in [0.05, 0.1) is 0 Å². The van der Waals surface area contributed by atoms with Crippen LogP contribution in [0.5, 0.6) is 0 Å². The van der Waals surface area contributed by atoms with Crippen LogP contribution in [0.1, 0.15) is 48.2 Å². The Balaban J connectivity index is 1.84. The van der Waals surface area contributed by atoms with Crippen LogP contribution in [-0.2, 0) is 0 Å². The number of carbonyl (C=O) groups is 1. The molecule has 1 amide bonds. The van der Waals surface area contributed by atoms with Crippen LogP contribution in [-0.4, -0.2) is 23.9 Å². The molecule has 3 rings (SSSR count). The molecule has 106 valence electrons. The average Bonchev–Trinajstić information content (AvgIpc) is 2.89. The van der Waals surface area contributed by atoms with E-state index in [1.54, 1.807) is 0 Å². The number of furan rings is 1. The third-order valence-corrected chi connectivity index (χ3v) is 4.33. The van der Waals surface area contributed by atoms with Crippen molar-refractivity contribution in [3.63, 3.8) is 0 Å². The van der Waals surface area contributed by atoms with Gasteiger partial charge in [-0.3, -0.25) is 4.79 Å². The van der Waals surface area contributed by atoms with Gasteiger partial charge in [0.25, 0.3) is 5.91 Å². The number of nitrogens with zero attached hydrogens (tertiary/aromatic N) is 1. The van der Waals surface area contributed by atoms with Crippen LogP contribution in [0, 0.1) is 6.92 Å². The number of amides is 1. The number of benzene rings is 1. The van der Waals surface area contributed by atoms with Gasteiger partial charge in [0.2, 0.25) is 0 Å². The van der Waals surface area contributed by atoms with E-state index < -0.39 is 0 Å². The molecule has 3 heteroatoms. The fourth-order valence-electron chi connectivity index (χ4n) is 3.05. The van der Waals surface area contributed by atoms with Gasteiger partial charge in [-0.15, -0.1) is 0 Å². The first-order chi connectivity index (χ1) is 9.65. The number of hydrogen-bond acceptors (Lipinski definition) is 2. The molecule has 0 aliphatic heterocycles. The molecule has 0 saturated heterocycles. The molecule has 0 radical (unpaired) electrons. The zero-order valence-electron chi connectivity index (χ0n) is 12.2. The molecule has 0 unspecified atom stereocenters. The molecule has 0 atom stereocenters. The van der Waals surface area contributed by atoms with Crippen molar-refractivity contribution in [2.75, 3.05) is 7.05 Å². The summed E-state index contributed by atoms with van der Waals surface area (Å²) in [6.07, 6.45) is 5.97. The van der Waals surface area contributed by atoms with Crippen molar-refractivity contribution in [1.82, 2.24) is 4.90 Å². The average molecular weight is 271 g/mol. The van der Waals surface area contributed by atoms with Crippen molar-refractivity contribution in [2.24, 2.45) is 0 Å². The number of rotatable bonds is 2. The van der Waals surface area contributed by atoms with Gasteiger partial charge in [-0.25, -0.2) is 0 Å². The van der Waals surface area contributed by atoms with Crippen molar-refractivity contribution >= 4 is 16.9 Å². The summed E-state index contributed by atoms with van der Waals surface area (Å²) in [4.78, 5) is 14.4. The van der Waals surface area contributed by atoms with E-state index in [2.05, 4.69) is 0 Å². The number of aryl methyl sites for hydroxylation is 1. The van der Waals surface area contributed by atoms with E-state index in [4.69, 9.17) is 4.42 Å². The van der Waals surface area contributed by atoms with Crippen molar-refractivity contribution in [2.45, 2.75) is 45.1 Å². The van der Waals surface area contributed by atoms with E-state index in [1.807, 2.05) is 43.1 Å². The molecule has 0 N–H and O–H groups in total. The van der Waals surface area contributed by atoms with Crippen molar-refractivity contribution in [3.05, 3.63) is 35.6 Å². The summed E-state index contributed by atoms with van der Waals surface area (Å²) in [5, 5.41) is 0.996. The summed E-state index contributed by atoms with van der Waals surface area (Å²) >= 11 is 0. The van der Waals surface area contributed by atoms with Crippen LogP contribution in [0.15, 0.2) is 28.7 Å².